The Morgan fingerprint density at radius 1 is 0.379 bits per heavy atom. The monoisotopic (exact) mass is 884 g/mol. The van der Waals surface area contributed by atoms with Gasteiger partial charge in [-0.3, -0.25) is 0 Å². The third kappa shape index (κ3) is 5.31. The molecule has 66 heavy (non-hydrogen) atoms. The van der Waals surface area contributed by atoms with Gasteiger partial charge in [-0.2, -0.15) is 0 Å². The van der Waals surface area contributed by atoms with Crippen LogP contribution in [0.3, 0.4) is 0 Å². The summed E-state index contributed by atoms with van der Waals surface area (Å²) in [5.41, 5.74) is 18.3. The van der Waals surface area contributed by atoms with Gasteiger partial charge in [-0.05, 0) is 123 Å². The molecule has 0 atom stereocenters. The van der Waals surface area contributed by atoms with Crippen LogP contribution in [0.15, 0.2) is 191 Å². The molecule has 9 aromatic carbocycles. The lowest BCUT2D eigenvalue weighted by molar-refractivity contribution is 0.669. The van der Waals surface area contributed by atoms with Crippen molar-refractivity contribution in [3.05, 3.63) is 193 Å². The fraction of sp³-hybridized carbons (Fsp3) is 0.100. The van der Waals surface area contributed by atoms with Crippen LogP contribution < -0.4 is 30.5 Å². The van der Waals surface area contributed by atoms with E-state index >= 15 is 0 Å². The predicted molar refractivity (Wildman–Crippen MR) is 284 cm³/mol. The van der Waals surface area contributed by atoms with Gasteiger partial charge in [-0.25, -0.2) is 0 Å². The second kappa shape index (κ2) is 14.1. The molecule has 4 heterocycles. The molecule has 2 aromatic heterocycles. The van der Waals surface area contributed by atoms with Crippen molar-refractivity contribution in [1.82, 2.24) is 0 Å². The van der Waals surface area contributed by atoms with Crippen LogP contribution in [0.5, 0.6) is 0 Å². The molecule has 13 rings (SSSR count). The third-order valence-electron chi connectivity index (χ3n) is 14.8. The number of furan rings is 2. The summed E-state index contributed by atoms with van der Waals surface area (Å²) in [4.78, 5) is 4.90. The topological polar surface area (TPSA) is 32.8 Å². The minimum atomic E-state index is -2.46. The van der Waals surface area contributed by atoms with E-state index in [1.807, 2.05) is 0 Å². The number of nitrogens with zero attached hydrogens (tertiary/aromatic N) is 2. The highest BCUT2D eigenvalue weighted by Crippen LogP contribution is 2.51. The standard InChI is InChI=1S/C60H48N2O2Si2/c1-37-21-13-17-29-45(37)61(39-23-9-7-10-24-39)47-35-52-55(58-53(47)41-27-15-19-31-49(41)64-58)44-34-33-43-54-51(65(3,4)59(43)60(44)66(52,5)6)36-48(57-56(54)42-28-16-20-32-50(42)63-57)62(40-25-11-8-12-26-40)46-30-18-14-22-38(46)2/h7-36H,1-6H3. The van der Waals surface area contributed by atoms with Crippen LogP contribution in [0.2, 0.25) is 26.2 Å². The van der Waals surface area contributed by atoms with Gasteiger partial charge < -0.3 is 18.6 Å². The lowest BCUT2D eigenvalue weighted by atomic mass is 9.95. The summed E-state index contributed by atoms with van der Waals surface area (Å²) in [6.07, 6.45) is 0. The molecule has 318 valence electrons. The summed E-state index contributed by atoms with van der Waals surface area (Å²) in [6.45, 7) is 14.8. The van der Waals surface area contributed by atoms with Gasteiger partial charge in [-0.1, -0.05) is 148 Å². The van der Waals surface area contributed by atoms with Crippen molar-refractivity contribution in [3.8, 4) is 22.3 Å². The normalized spacial score (nSPS) is 14.2. The largest absolute Gasteiger partial charge is 0.455 e. The average molecular weight is 885 g/mol. The lowest BCUT2D eigenvalue weighted by Crippen LogP contribution is -2.63. The number of rotatable bonds is 6. The zero-order valence-electron chi connectivity index (χ0n) is 38.0. The van der Waals surface area contributed by atoms with Gasteiger partial charge in [0, 0.05) is 44.5 Å². The van der Waals surface area contributed by atoms with Gasteiger partial charge in [0.15, 0.2) is 5.58 Å². The van der Waals surface area contributed by atoms with Crippen molar-refractivity contribution in [2.24, 2.45) is 0 Å². The molecule has 2 aliphatic heterocycles. The predicted octanol–water partition coefficient (Wildman–Crippen LogP) is 14.6. The first-order valence-electron chi connectivity index (χ1n) is 23.1. The summed E-state index contributed by atoms with van der Waals surface area (Å²) in [5, 5.41) is 10.7. The molecular formula is C60H48N2O2Si2. The molecule has 11 aromatic rings. The molecule has 0 saturated heterocycles. The highest BCUT2D eigenvalue weighted by Gasteiger charge is 2.50. The molecule has 4 nitrogen and oxygen atoms in total. The second-order valence-corrected chi connectivity index (χ2v) is 27.9. The molecule has 0 fully saturated rings. The molecule has 0 radical (unpaired) electrons. The van der Waals surface area contributed by atoms with Crippen LogP contribution >= 0.6 is 0 Å². The smallest absolute Gasteiger partial charge is 0.160 e. The van der Waals surface area contributed by atoms with E-state index in [0.29, 0.717) is 0 Å². The van der Waals surface area contributed by atoms with E-state index in [0.717, 1.165) is 72.6 Å². The highest BCUT2D eigenvalue weighted by atomic mass is 28.3. The minimum Gasteiger partial charge on any atom is -0.455 e. The van der Waals surface area contributed by atoms with Crippen molar-refractivity contribution in [3.63, 3.8) is 0 Å². The van der Waals surface area contributed by atoms with Crippen LogP contribution in [-0.4, -0.2) is 16.1 Å². The zero-order valence-corrected chi connectivity index (χ0v) is 40.0. The summed E-state index contributed by atoms with van der Waals surface area (Å²) < 4.78 is 14.3. The van der Waals surface area contributed by atoms with Gasteiger partial charge in [0.1, 0.15) is 32.9 Å². The molecule has 6 heteroatoms. The summed E-state index contributed by atoms with van der Waals surface area (Å²) in [7, 11) is -4.92. The van der Waals surface area contributed by atoms with E-state index in [1.54, 1.807) is 10.4 Å². The number of hydrogen-bond donors (Lipinski definition) is 0. The van der Waals surface area contributed by atoms with E-state index in [1.165, 1.54) is 49.1 Å². The van der Waals surface area contributed by atoms with Crippen molar-refractivity contribution >= 4 is 115 Å². The molecule has 0 N–H and O–H groups in total. The van der Waals surface area contributed by atoms with E-state index in [9.17, 15) is 0 Å². The van der Waals surface area contributed by atoms with E-state index in [-0.39, 0.29) is 0 Å². The molecular weight excluding hydrogens is 837 g/mol. The van der Waals surface area contributed by atoms with Crippen LogP contribution in [-0.2, 0) is 0 Å². The maximum Gasteiger partial charge on any atom is 0.160 e. The van der Waals surface area contributed by atoms with Crippen molar-refractivity contribution in [2.75, 3.05) is 9.80 Å². The van der Waals surface area contributed by atoms with Crippen molar-refractivity contribution in [1.29, 1.82) is 0 Å². The fourth-order valence-electron chi connectivity index (χ4n) is 11.8. The van der Waals surface area contributed by atoms with Gasteiger partial charge in [0.25, 0.3) is 0 Å². The maximum atomic E-state index is 7.19. The second-order valence-electron chi connectivity index (χ2n) is 19.3. The summed E-state index contributed by atoms with van der Waals surface area (Å²) in [6, 6.07) is 66.4. The van der Waals surface area contributed by atoms with E-state index in [4.69, 9.17) is 8.83 Å². The number of para-hydroxylation sites is 6. The van der Waals surface area contributed by atoms with Crippen LogP contribution in [0.1, 0.15) is 11.1 Å². The van der Waals surface area contributed by atoms with E-state index in [2.05, 4.69) is 232 Å². The van der Waals surface area contributed by atoms with E-state index < -0.39 is 16.1 Å². The number of aryl methyl sites for hydroxylation is 2. The quantitative estimate of drug-likeness (QED) is 0.156. The third-order valence-corrected chi connectivity index (χ3v) is 22.1. The zero-order chi connectivity index (χ0) is 44.6. The van der Waals surface area contributed by atoms with Crippen LogP contribution in [0.4, 0.5) is 34.1 Å². The Balaban J connectivity index is 1.11. The first-order valence-corrected chi connectivity index (χ1v) is 29.1. The fourth-order valence-corrected chi connectivity index (χ4v) is 20.3. The molecule has 0 aliphatic carbocycles. The maximum absolute atomic E-state index is 7.19. The molecule has 0 bridgehead atoms. The summed E-state index contributed by atoms with van der Waals surface area (Å²) >= 11 is 0. The highest BCUT2D eigenvalue weighted by molar-refractivity contribution is 7.13. The number of fused-ring (bicyclic) bond motifs is 15. The average Bonchev–Trinajstić information content (AvgIpc) is 4.04. The Labute approximate surface area is 387 Å². The van der Waals surface area contributed by atoms with Gasteiger partial charge in [-0.15, -0.1) is 0 Å². The Morgan fingerprint density at radius 3 is 1.36 bits per heavy atom. The molecule has 0 unspecified atom stereocenters. The number of hydrogen-bond acceptors (Lipinski definition) is 4. The Morgan fingerprint density at radius 2 is 0.803 bits per heavy atom. The lowest BCUT2D eigenvalue weighted by Gasteiger charge is -2.31. The van der Waals surface area contributed by atoms with Gasteiger partial charge >= 0.3 is 0 Å². The Kier molecular flexibility index (Phi) is 8.31. The first-order chi connectivity index (χ1) is 32.1. The van der Waals surface area contributed by atoms with Gasteiger partial charge in [0.05, 0.1) is 16.8 Å². The molecule has 0 saturated carbocycles. The minimum absolute atomic E-state index is 0.910. The SMILES string of the molecule is Cc1ccccc1N(c1ccccc1)c1cc2c(c3c1oc1ccccc13)-c1ccc3c(c1[Si]2(C)C)[Si](C)(C)c1cc(N(c2ccccc2)c2ccccc2C)c2c(oc4ccccc42)c1-3. The molecule has 2 aliphatic rings. The van der Waals surface area contributed by atoms with Crippen molar-refractivity contribution in [2.45, 2.75) is 40.0 Å². The summed E-state index contributed by atoms with van der Waals surface area (Å²) in [5.74, 6) is 0. The molecule has 0 amide bonds. The Hall–Kier alpha value is -7.39. The number of anilines is 6. The first kappa shape index (κ1) is 39.0. The van der Waals surface area contributed by atoms with Gasteiger partial charge in [0.2, 0.25) is 0 Å². The van der Waals surface area contributed by atoms with Crippen LogP contribution in [0.25, 0.3) is 66.1 Å². The number of benzene rings is 9. The Bertz CT molecular complexity index is 3810. The van der Waals surface area contributed by atoms with Crippen LogP contribution in [0, 0.1) is 13.8 Å². The molecule has 0 spiro atoms. The van der Waals surface area contributed by atoms with Crippen molar-refractivity contribution < 1.29 is 8.83 Å².